The van der Waals surface area contributed by atoms with E-state index in [1.807, 2.05) is 4.72 Å². The normalized spacial score (nSPS) is 13.0. The van der Waals surface area contributed by atoms with E-state index in [-0.39, 0.29) is 9.77 Å². The molecule has 0 bridgehead atoms. The number of carboxylic acid groups (broad SMARTS) is 1. The van der Waals surface area contributed by atoms with E-state index in [4.69, 9.17) is 5.11 Å². The Morgan fingerprint density at radius 2 is 2.05 bits per heavy atom. The second-order valence-corrected chi connectivity index (χ2v) is 6.28. The minimum absolute atomic E-state index is 0.0786. The molecule has 0 aliphatic heterocycles. The van der Waals surface area contributed by atoms with Gasteiger partial charge in [0.05, 0.1) is 7.11 Å². The predicted molar refractivity (Wildman–Crippen MR) is 67.8 cm³/mol. The van der Waals surface area contributed by atoms with E-state index in [1.54, 1.807) is 0 Å². The monoisotopic (exact) mass is 307 g/mol. The van der Waals surface area contributed by atoms with E-state index in [9.17, 15) is 18.0 Å². The molecule has 9 heteroatoms. The number of carbonyl (C=O) groups is 2. The van der Waals surface area contributed by atoms with Gasteiger partial charge < -0.3 is 9.84 Å². The quantitative estimate of drug-likeness (QED) is 0.771. The largest absolute Gasteiger partial charge is 0.480 e. The van der Waals surface area contributed by atoms with Gasteiger partial charge in [-0.1, -0.05) is 0 Å². The molecule has 2 N–H and O–H groups in total. The number of hydrogen-bond donors (Lipinski definition) is 2. The van der Waals surface area contributed by atoms with Crippen LogP contribution in [0.5, 0.6) is 0 Å². The number of esters is 1. The maximum Gasteiger partial charge on any atom is 0.349 e. The fourth-order valence-corrected chi connectivity index (χ4v) is 4.25. The molecule has 0 fully saturated rings. The first-order chi connectivity index (χ1) is 8.70. The van der Waals surface area contributed by atoms with Crippen LogP contribution >= 0.6 is 11.3 Å². The molecular weight excluding hydrogens is 294 g/mol. The van der Waals surface area contributed by atoms with Crippen LogP contribution in [0.25, 0.3) is 0 Å². The van der Waals surface area contributed by atoms with E-state index in [0.717, 1.165) is 18.4 Å². The number of thiophene rings is 1. The fraction of sp³-hybridized carbons (Fsp3) is 0.400. The minimum Gasteiger partial charge on any atom is -0.480 e. The standard InChI is InChI=1S/C10H13NO6S2/c1-5-4-18-7(10(14)17-3)8(5)19(15,16)11-6(2)9(12)13/h4,6,11H,1-3H3,(H,12,13)/t6-/m0/s1. The Kier molecular flexibility index (Phi) is 4.66. The molecule has 1 rings (SSSR count). The van der Waals surface area contributed by atoms with E-state index in [2.05, 4.69) is 4.74 Å². The fourth-order valence-electron chi connectivity index (χ4n) is 1.34. The number of carboxylic acids is 1. The van der Waals surface area contributed by atoms with Crippen molar-refractivity contribution in [3.05, 3.63) is 15.8 Å². The predicted octanol–water partition coefficient (Wildman–Crippen LogP) is 0.595. The Morgan fingerprint density at radius 3 is 2.53 bits per heavy atom. The second-order valence-electron chi connectivity index (χ2n) is 3.75. The smallest absolute Gasteiger partial charge is 0.349 e. The second kappa shape index (κ2) is 5.68. The van der Waals surface area contributed by atoms with Crippen molar-refractivity contribution >= 4 is 33.3 Å². The molecule has 0 unspecified atom stereocenters. The summed E-state index contributed by atoms with van der Waals surface area (Å²) in [4.78, 5) is 21.9. The number of aliphatic carboxylic acids is 1. The lowest BCUT2D eigenvalue weighted by Gasteiger charge is -2.11. The van der Waals surface area contributed by atoms with Gasteiger partial charge in [0.25, 0.3) is 0 Å². The minimum atomic E-state index is -4.10. The number of carbonyl (C=O) groups excluding carboxylic acids is 1. The lowest BCUT2D eigenvalue weighted by atomic mass is 10.3. The molecule has 1 atom stereocenters. The van der Waals surface area contributed by atoms with Crippen LogP contribution in [0, 0.1) is 6.92 Å². The molecule has 1 heterocycles. The number of ether oxygens (including phenoxy) is 1. The number of hydrogen-bond acceptors (Lipinski definition) is 6. The van der Waals surface area contributed by atoms with Crippen molar-refractivity contribution in [1.82, 2.24) is 4.72 Å². The summed E-state index contributed by atoms with van der Waals surface area (Å²) in [5.74, 6) is -2.09. The van der Waals surface area contributed by atoms with Crippen molar-refractivity contribution in [2.75, 3.05) is 7.11 Å². The van der Waals surface area contributed by atoms with Gasteiger partial charge in [-0.15, -0.1) is 11.3 Å². The van der Waals surface area contributed by atoms with Gasteiger partial charge in [0.1, 0.15) is 15.8 Å². The van der Waals surface area contributed by atoms with Crippen molar-refractivity contribution in [2.45, 2.75) is 24.8 Å². The Bertz CT molecular complexity index is 604. The van der Waals surface area contributed by atoms with Gasteiger partial charge in [-0.3, -0.25) is 4.79 Å². The number of methoxy groups -OCH3 is 1. The Labute approximate surface area is 114 Å². The van der Waals surface area contributed by atoms with Crippen molar-refractivity contribution in [3.8, 4) is 0 Å². The summed E-state index contributed by atoms with van der Waals surface area (Å²) in [6.07, 6.45) is 0. The van der Waals surface area contributed by atoms with E-state index < -0.39 is 28.0 Å². The molecule has 1 aromatic heterocycles. The maximum atomic E-state index is 12.1. The highest BCUT2D eigenvalue weighted by Gasteiger charge is 2.30. The van der Waals surface area contributed by atoms with Gasteiger partial charge in [0.15, 0.2) is 0 Å². The average molecular weight is 307 g/mol. The van der Waals surface area contributed by atoms with Gasteiger partial charge in [-0.25, -0.2) is 13.2 Å². The molecule has 0 saturated carbocycles. The molecule has 1 aromatic rings. The highest BCUT2D eigenvalue weighted by atomic mass is 32.2. The summed E-state index contributed by atoms with van der Waals surface area (Å²) in [7, 11) is -2.96. The van der Waals surface area contributed by atoms with Crippen molar-refractivity contribution in [3.63, 3.8) is 0 Å². The Balaban J connectivity index is 3.25. The summed E-state index contributed by atoms with van der Waals surface area (Å²) >= 11 is 0.930. The number of sulfonamides is 1. The van der Waals surface area contributed by atoms with Crippen LogP contribution in [-0.4, -0.2) is 38.6 Å². The highest BCUT2D eigenvalue weighted by Crippen LogP contribution is 2.27. The topological polar surface area (TPSA) is 110 Å². The van der Waals surface area contributed by atoms with Crippen LogP contribution in [-0.2, 0) is 19.6 Å². The van der Waals surface area contributed by atoms with Crippen molar-refractivity contribution < 1.29 is 27.9 Å². The third-order valence-electron chi connectivity index (χ3n) is 2.26. The molecule has 0 aliphatic rings. The zero-order chi connectivity index (χ0) is 14.8. The molecule has 7 nitrogen and oxygen atoms in total. The third kappa shape index (κ3) is 3.31. The molecule has 0 amide bonds. The first kappa shape index (κ1) is 15.6. The van der Waals surface area contributed by atoms with Crippen molar-refractivity contribution in [1.29, 1.82) is 0 Å². The summed E-state index contributed by atoms with van der Waals surface area (Å²) in [5.41, 5.74) is 0.357. The summed E-state index contributed by atoms with van der Waals surface area (Å²) in [6, 6.07) is -1.30. The van der Waals surface area contributed by atoms with Crippen LogP contribution in [0.1, 0.15) is 22.2 Å². The number of nitrogens with one attached hydrogen (secondary N) is 1. The molecular formula is C10H13NO6S2. The molecule has 106 valence electrons. The lowest BCUT2D eigenvalue weighted by Crippen LogP contribution is -2.38. The van der Waals surface area contributed by atoms with Crippen molar-refractivity contribution in [2.24, 2.45) is 0 Å². The molecule has 0 saturated heterocycles. The molecule has 0 aliphatic carbocycles. The van der Waals surface area contributed by atoms with E-state index in [0.29, 0.717) is 5.56 Å². The maximum absolute atomic E-state index is 12.1. The van der Waals surface area contributed by atoms with Crippen LogP contribution in [0.15, 0.2) is 10.3 Å². The lowest BCUT2D eigenvalue weighted by molar-refractivity contribution is -0.138. The Morgan fingerprint density at radius 1 is 1.47 bits per heavy atom. The summed E-state index contributed by atoms with van der Waals surface area (Å²) < 4.78 is 30.7. The molecule has 0 spiro atoms. The summed E-state index contributed by atoms with van der Waals surface area (Å²) in [5, 5.41) is 10.2. The molecule has 0 aromatic carbocycles. The Hall–Kier alpha value is -1.45. The van der Waals surface area contributed by atoms with Crippen LogP contribution in [0.3, 0.4) is 0 Å². The third-order valence-corrected chi connectivity index (χ3v) is 5.19. The highest BCUT2D eigenvalue weighted by molar-refractivity contribution is 7.89. The van der Waals surface area contributed by atoms with Crippen LogP contribution < -0.4 is 4.72 Å². The number of rotatable bonds is 5. The molecule has 19 heavy (non-hydrogen) atoms. The van der Waals surface area contributed by atoms with Crippen LogP contribution in [0.4, 0.5) is 0 Å². The SMILES string of the molecule is COC(=O)c1scc(C)c1S(=O)(=O)N[C@@H](C)C(=O)O. The van der Waals surface area contributed by atoms with Crippen LogP contribution in [0.2, 0.25) is 0 Å². The van der Waals surface area contributed by atoms with Gasteiger partial charge >= 0.3 is 11.9 Å². The molecule has 0 radical (unpaired) electrons. The van der Waals surface area contributed by atoms with Gasteiger partial charge in [-0.2, -0.15) is 4.72 Å². The zero-order valence-electron chi connectivity index (χ0n) is 10.5. The first-order valence-electron chi connectivity index (χ1n) is 5.12. The van der Waals surface area contributed by atoms with E-state index >= 15 is 0 Å². The number of aryl methyl sites for hydroxylation is 1. The average Bonchev–Trinajstić information content (AvgIpc) is 2.70. The van der Waals surface area contributed by atoms with Gasteiger partial charge in [-0.05, 0) is 24.8 Å². The van der Waals surface area contributed by atoms with Gasteiger partial charge in [0, 0.05) is 0 Å². The summed E-state index contributed by atoms with van der Waals surface area (Å²) in [6.45, 7) is 2.71. The van der Waals surface area contributed by atoms with Gasteiger partial charge in [0.2, 0.25) is 10.0 Å². The first-order valence-corrected chi connectivity index (χ1v) is 7.48. The van der Waals surface area contributed by atoms with E-state index in [1.165, 1.54) is 19.2 Å². The zero-order valence-corrected chi connectivity index (χ0v) is 12.1.